The molecule has 23 heavy (non-hydrogen) atoms. The molecule has 2 aromatic heterocycles. The number of hydrogen-bond donors (Lipinski definition) is 1. The van der Waals surface area contributed by atoms with Crippen molar-refractivity contribution < 1.29 is 18.8 Å². The van der Waals surface area contributed by atoms with Gasteiger partial charge in [0.05, 0.1) is 11.9 Å². The molecule has 0 radical (unpaired) electrons. The number of aromatic nitrogens is 3. The molecule has 0 aliphatic rings. The molecule has 0 aromatic carbocycles. The van der Waals surface area contributed by atoms with E-state index in [2.05, 4.69) is 15.6 Å². The number of aryl methyl sites for hydroxylation is 2. The van der Waals surface area contributed by atoms with Crippen LogP contribution in [0.25, 0.3) is 0 Å². The van der Waals surface area contributed by atoms with Crippen molar-refractivity contribution in [3.8, 4) is 0 Å². The summed E-state index contributed by atoms with van der Waals surface area (Å²) in [5.41, 5.74) is 0.676. The highest BCUT2D eigenvalue weighted by molar-refractivity contribution is 5.97. The largest absolute Gasteiger partial charge is 0.449 e. The van der Waals surface area contributed by atoms with Crippen LogP contribution in [-0.2, 0) is 9.53 Å². The van der Waals surface area contributed by atoms with Gasteiger partial charge in [-0.3, -0.25) is 4.79 Å². The number of anilines is 1. The van der Waals surface area contributed by atoms with Crippen LogP contribution < -0.4 is 5.32 Å². The van der Waals surface area contributed by atoms with Crippen molar-refractivity contribution in [2.45, 2.75) is 46.8 Å². The second kappa shape index (κ2) is 6.64. The van der Waals surface area contributed by atoms with Gasteiger partial charge in [-0.2, -0.15) is 5.10 Å². The first-order valence-electron chi connectivity index (χ1n) is 7.29. The van der Waals surface area contributed by atoms with E-state index in [1.54, 1.807) is 30.8 Å². The molecule has 2 rings (SSSR count). The van der Waals surface area contributed by atoms with E-state index in [1.165, 1.54) is 6.92 Å². The van der Waals surface area contributed by atoms with Gasteiger partial charge in [-0.1, -0.05) is 5.16 Å². The summed E-state index contributed by atoms with van der Waals surface area (Å²) in [6, 6.07) is 1.78. The van der Waals surface area contributed by atoms with Gasteiger partial charge in [0.2, 0.25) is 0 Å². The lowest BCUT2D eigenvalue weighted by Crippen LogP contribution is -2.31. The number of esters is 1. The van der Waals surface area contributed by atoms with Crippen LogP contribution in [0.1, 0.15) is 48.6 Å². The lowest BCUT2D eigenvalue weighted by molar-refractivity contribution is -0.123. The predicted molar refractivity (Wildman–Crippen MR) is 82.1 cm³/mol. The van der Waals surface area contributed by atoms with Crippen molar-refractivity contribution in [2.75, 3.05) is 5.32 Å². The van der Waals surface area contributed by atoms with E-state index in [9.17, 15) is 9.59 Å². The summed E-state index contributed by atoms with van der Waals surface area (Å²) in [5.74, 6) is -0.169. The van der Waals surface area contributed by atoms with Gasteiger partial charge in [-0.05, 0) is 34.6 Å². The van der Waals surface area contributed by atoms with Gasteiger partial charge < -0.3 is 14.6 Å². The van der Waals surface area contributed by atoms with Gasteiger partial charge in [-0.25, -0.2) is 9.48 Å². The van der Waals surface area contributed by atoms with Crippen LogP contribution in [0.5, 0.6) is 0 Å². The Labute approximate surface area is 133 Å². The van der Waals surface area contributed by atoms with Gasteiger partial charge >= 0.3 is 5.97 Å². The van der Waals surface area contributed by atoms with Gasteiger partial charge in [0.15, 0.2) is 6.10 Å². The number of carbonyl (C=O) groups is 2. The monoisotopic (exact) mass is 320 g/mol. The van der Waals surface area contributed by atoms with E-state index in [4.69, 9.17) is 9.26 Å². The van der Waals surface area contributed by atoms with Crippen LogP contribution in [0.2, 0.25) is 0 Å². The average Bonchev–Trinajstić information content (AvgIpc) is 3.05. The number of rotatable bonds is 5. The van der Waals surface area contributed by atoms with Gasteiger partial charge in [-0.15, -0.1) is 0 Å². The first-order valence-corrected chi connectivity index (χ1v) is 7.29. The van der Waals surface area contributed by atoms with Crippen LogP contribution in [0.4, 0.5) is 5.82 Å². The highest BCUT2D eigenvalue weighted by atomic mass is 16.5. The average molecular weight is 320 g/mol. The molecule has 124 valence electrons. The third-order valence-electron chi connectivity index (χ3n) is 3.30. The summed E-state index contributed by atoms with van der Waals surface area (Å²) in [5, 5.41) is 10.5. The molecule has 1 unspecified atom stereocenters. The number of nitrogens with one attached hydrogen (secondary N) is 1. The molecule has 0 aliphatic heterocycles. The van der Waals surface area contributed by atoms with Crippen LogP contribution in [-0.4, -0.2) is 32.9 Å². The summed E-state index contributed by atoms with van der Waals surface area (Å²) >= 11 is 0. The molecule has 0 spiro atoms. The molecule has 1 atom stereocenters. The third kappa shape index (κ3) is 3.58. The Morgan fingerprint density at radius 1 is 1.30 bits per heavy atom. The maximum Gasteiger partial charge on any atom is 0.344 e. The zero-order chi connectivity index (χ0) is 17.1. The Morgan fingerprint density at radius 3 is 2.57 bits per heavy atom. The molecule has 0 saturated heterocycles. The first kappa shape index (κ1) is 16.7. The van der Waals surface area contributed by atoms with E-state index >= 15 is 0 Å². The van der Waals surface area contributed by atoms with E-state index < -0.39 is 18.0 Å². The molecule has 8 heteroatoms. The van der Waals surface area contributed by atoms with Crippen molar-refractivity contribution in [2.24, 2.45) is 0 Å². The van der Waals surface area contributed by atoms with Crippen LogP contribution in [0.15, 0.2) is 16.8 Å². The molecule has 0 saturated carbocycles. The molecule has 0 fully saturated rings. The molecular formula is C15H20N4O4. The predicted octanol–water partition coefficient (Wildman–Crippen LogP) is 2.25. The topological polar surface area (TPSA) is 99.2 Å². The van der Waals surface area contributed by atoms with E-state index in [0.717, 1.165) is 0 Å². The molecule has 1 N–H and O–H groups in total. The summed E-state index contributed by atoms with van der Waals surface area (Å²) in [6.07, 6.45) is 0.627. The fraction of sp³-hybridized carbons (Fsp3) is 0.467. The van der Waals surface area contributed by atoms with Crippen molar-refractivity contribution in [1.29, 1.82) is 0 Å². The quantitative estimate of drug-likeness (QED) is 0.848. The first-order chi connectivity index (χ1) is 10.8. The van der Waals surface area contributed by atoms with Crippen molar-refractivity contribution in [3.63, 3.8) is 0 Å². The highest BCUT2D eigenvalue weighted by Crippen LogP contribution is 2.16. The smallest absolute Gasteiger partial charge is 0.344 e. The Kier molecular flexibility index (Phi) is 4.83. The summed E-state index contributed by atoms with van der Waals surface area (Å²) in [7, 11) is 0. The fourth-order valence-electron chi connectivity index (χ4n) is 2.10. The molecule has 0 bridgehead atoms. The fourth-order valence-corrected chi connectivity index (χ4v) is 2.10. The molecular weight excluding hydrogens is 300 g/mol. The summed E-state index contributed by atoms with van der Waals surface area (Å²) < 4.78 is 11.8. The van der Waals surface area contributed by atoms with E-state index in [0.29, 0.717) is 17.3 Å². The number of ether oxygens (including phenoxy) is 1. The van der Waals surface area contributed by atoms with Gasteiger partial charge in [0.1, 0.15) is 17.1 Å². The van der Waals surface area contributed by atoms with Crippen molar-refractivity contribution >= 4 is 17.7 Å². The molecule has 8 nitrogen and oxygen atoms in total. The second-order valence-electron chi connectivity index (χ2n) is 5.49. The Balaban J connectivity index is 2.03. The zero-order valence-corrected chi connectivity index (χ0v) is 13.8. The van der Waals surface area contributed by atoms with Gasteiger partial charge in [0, 0.05) is 12.1 Å². The minimum absolute atomic E-state index is 0.0976. The summed E-state index contributed by atoms with van der Waals surface area (Å²) in [4.78, 5) is 24.3. The van der Waals surface area contributed by atoms with Crippen molar-refractivity contribution in [3.05, 3.63) is 29.3 Å². The van der Waals surface area contributed by atoms with Crippen LogP contribution in [0.3, 0.4) is 0 Å². The SMILES string of the molecule is Cc1noc(C)c1C(=O)OC(C)C(=O)Nc1ccnn1C(C)C. The van der Waals surface area contributed by atoms with Crippen molar-refractivity contribution in [1.82, 2.24) is 14.9 Å². The normalized spacial score (nSPS) is 12.3. The number of hydrogen-bond acceptors (Lipinski definition) is 6. The highest BCUT2D eigenvalue weighted by Gasteiger charge is 2.24. The van der Waals surface area contributed by atoms with Crippen LogP contribution >= 0.6 is 0 Å². The second-order valence-corrected chi connectivity index (χ2v) is 5.49. The third-order valence-corrected chi connectivity index (χ3v) is 3.30. The minimum atomic E-state index is -0.966. The Hall–Kier alpha value is -2.64. The van der Waals surface area contributed by atoms with E-state index in [1.807, 2.05) is 13.8 Å². The maximum absolute atomic E-state index is 12.2. The molecule has 1 amide bonds. The van der Waals surface area contributed by atoms with Gasteiger partial charge in [0.25, 0.3) is 5.91 Å². The minimum Gasteiger partial charge on any atom is -0.449 e. The lowest BCUT2D eigenvalue weighted by atomic mass is 10.2. The number of carbonyl (C=O) groups excluding carboxylic acids is 2. The van der Waals surface area contributed by atoms with E-state index in [-0.39, 0.29) is 11.6 Å². The number of nitrogens with zero attached hydrogens (tertiary/aromatic N) is 3. The standard InChI is InChI=1S/C15H20N4O4/c1-8(2)19-12(6-7-16-19)17-14(20)11(5)22-15(21)13-9(3)18-23-10(13)4/h6-8,11H,1-5H3,(H,17,20). The number of amides is 1. The Morgan fingerprint density at radius 2 is 2.00 bits per heavy atom. The maximum atomic E-state index is 12.2. The summed E-state index contributed by atoms with van der Waals surface area (Å²) in [6.45, 7) is 8.65. The molecule has 0 aliphatic carbocycles. The van der Waals surface area contributed by atoms with Crippen LogP contribution in [0, 0.1) is 13.8 Å². The zero-order valence-electron chi connectivity index (χ0n) is 13.8. The Bertz CT molecular complexity index is 697. The lowest BCUT2D eigenvalue weighted by Gasteiger charge is -2.15. The molecule has 2 aromatic rings. The molecule has 2 heterocycles.